The topological polar surface area (TPSA) is 102 Å². The highest BCUT2D eigenvalue weighted by Crippen LogP contribution is 2.30. The van der Waals surface area contributed by atoms with E-state index < -0.39 is 0 Å². The zero-order valence-corrected chi connectivity index (χ0v) is 16.6. The number of aliphatic imine (C=N–C) groups is 1. The normalized spacial score (nSPS) is 13.6. The molecule has 2 aromatic carbocycles. The van der Waals surface area contributed by atoms with E-state index in [0.717, 1.165) is 35.3 Å². The number of nitrogens with one attached hydrogen (secondary N) is 2. The average Bonchev–Trinajstić information content (AvgIpc) is 3.61. The number of hydrogen-bond acceptors (Lipinski definition) is 4. The minimum Gasteiger partial charge on any atom is -0.495 e. The minimum atomic E-state index is 0.103. The van der Waals surface area contributed by atoms with Crippen LogP contribution in [0.4, 0.5) is 17.2 Å². The first-order chi connectivity index (χ1) is 14.6. The fraction of sp³-hybridized carbons (Fsp3) is 0.174. The molecular weight excluding hydrogens is 378 g/mol. The number of carbonyl (C=O) groups excluding carboxylic acids is 1. The van der Waals surface area contributed by atoms with E-state index in [1.54, 1.807) is 19.4 Å². The van der Waals surface area contributed by atoms with Crippen LogP contribution in [0.3, 0.4) is 0 Å². The fourth-order valence-electron chi connectivity index (χ4n) is 3.00. The number of methoxy groups -OCH3 is 1. The van der Waals surface area contributed by atoms with E-state index in [-0.39, 0.29) is 17.8 Å². The average molecular weight is 401 g/mol. The Balaban J connectivity index is 1.42. The van der Waals surface area contributed by atoms with Crippen LogP contribution in [0, 0.1) is 5.92 Å². The molecule has 152 valence electrons. The minimum absolute atomic E-state index is 0.103. The highest BCUT2D eigenvalue weighted by Gasteiger charge is 2.29. The van der Waals surface area contributed by atoms with Gasteiger partial charge in [-0.1, -0.05) is 24.3 Å². The molecule has 0 aliphatic heterocycles. The van der Waals surface area contributed by atoms with Gasteiger partial charge in [-0.25, -0.2) is 4.98 Å². The molecule has 0 atom stereocenters. The molecular formula is C23H23N5O2. The maximum atomic E-state index is 11.9. The van der Waals surface area contributed by atoms with Gasteiger partial charge in [-0.15, -0.1) is 0 Å². The van der Waals surface area contributed by atoms with Gasteiger partial charge >= 0.3 is 0 Å². The van der Waals surface area contributed by atoms with E-state index in [2.05, 4.69) is 20.6 Å². The van der Waals surface area contributed by atoms with Crippen LogP contribution in [0.15, 0.2) is 71.9 Å². The Hall–Kier alpha value is -3.87. The second-order valence-corrected chi connectivity index (χ2v) is 7.07. The molecule has 4 rings (SSSR count). The number of hydrogen-bond donors (Lipinski definition) is 3. The Labute approximate surface area is 175 Å². The van der Waals surface area contributed by atoms with Crippen LogP contribution in [0.25, 0.3) is 11.1 Å². The summed E-state index contributed by atoms with van der Waals surface area (Å²) in [7, 11) is 1.60. The molecule has 1 fully saturated rings. The van der Waals surface area contributed by atoms with E-state index in [0.29, 0.717) is 11.6 Å². The molecule has 1 saturated carbocycles. The molecule has 7 heteroatoms. The molecule has 0 unspecified atom stereocenters. The number of para-hydroxylation sites is 2. The van der Waals surface area contributed by atoms with Crippen LogP contribution in [0.2, 0.25) is 0 Å². The zero-order chi connectivity index (χ0) is 20.9. The lowest BCUT2D eigenvalue weighted by molar-refractivity contribution is -0.117. The molecule has 4 N–H and O–H groups in total. The summed E-state index contributed by atoms with van der Waals surface area (Å²) in [5.41, 5.74) is 9.49. The zero-order valence-electron chi connectivity index (χ0n) is 16.6. The Kier molecular flexibility index (Phi) is 5.61. The Morgan fingerprint density at radius 1 is 1.03 bits per heavy atom. The van der Waals surface area contributed by atoms with Crippen LogP contribution in [0.5, 0.6) is 5.75 Å². The smallest absolute Gasteiger partial charge is 0.227 e. The number of amides is 1. The number of benzene rings is 2. The molecule has 1 aliphatic carbocycles. The molecule has 1 heterocycles. The van der Waals surface area contributed by atoms with Crippen molar-refractivity contribution in [1.29, 1.82) is 0 Å². The van der Waals surface area contributed by atoms with Gasteiger partial charge in [0.1, 0.15) is 5.75 Å². The van der Waals surface area contributed by atoms with Gasteiger partial charge in [-0.05, 0) is 54.8 Å². The number of nitrogens with two attached hydrogens (primary N) is 1. The summed E-state index contributed by atoms with van der Waals surface area (Å²) < 4.78 is 5.29. The van der Waals surface area contributed by atoms with Gasteiger partial charge in [0.15, 0.2) is 11.8 Å². The third-order valence-electron chi connectivity index (χ3n) is 4.79. The SMILES string of the molecule is COc1ccccc1NC(N)=Nc1ccc(-c2ccc(NC(=O)C3CC3)cc2)cn1. The lowest BCUT2D eigenvalue weighted by Crippen LogP contribution is -2.22. The van der Waals surface area contributed by atoms with Crippen LogP contribution < -0.4 is 21.1 Å². The molecule has 1 amide bonds. The molecule has 3 aromatic rings. The van der Waals surface area contributed by atoms with Gasteiger partial charge in [0.05, 0.1) is 12.8 Å². The van der Waals surface area contributed by atoms with Gasteiger partial charge in [0.2, 0.25) is 5.91 Å². The first kappa shape index (κ1) is 19.4. The number of anilines is 2. The van der Waals surface area contributed by atoms with Gasteiger partial charge in [0, 0.05) is 23.4 Å². The highest BCUT2D eigenvalue weighted by molar-refractivity contribution is 5.95. The lowest BCUT2D eigenvalue weighted by atomic mass is 10.1. The summed E-state index contributed by atoms with van der Waals surface area (Å²) in [6.45, 7) is 0. The monoisotopic (exact) mass is 401 g/mol. The van der Waals surface area contributed by atoms with Crippen LogP contribution in [-0.2, 0) is 4.79 Å². The van der Waals surface area contributed by atoms with Crippen molar-refractivity contribution in [2.24, 2.45) is 16.6 Å². The van der Waals surface area contributed by atoms with E-state index >= 15 is 0 Å². The third kappa shape index (κ3) is 4.75. The number of pyridine rings is 1. The van der Waals surface area contributed by atoms with Crippen LogP contribution in [-0.4, -0.2) is 24.0 Å². The molecule has 30 heavy (non-hydrogen) atoms. The van der Waals surface area contributed by atoms with Gasteiger partial charge in [-0.3, -0.25) is 4.79 Å². The number of carbonyl (C=O) groups is 1. The van der Waals surface area contributed by atoms with Crippen molar-refractivity contribution in [2.75, 3.05) is 17.7 Å². The molecule has 1 aromatic heterocycles. The van der Waals surface area contributed by atoms with Crippen molar-refractivity contribution >= 4 is 29.1 Å². The fourth-order valence-corrected chi connectivity index (χ4v) is 3.00. The number of nitrogens with zero attached hydrogens (tertiary/aromatic N) is 2. The van der Waals surface area contributed by atoms with Crippen molar-refractivity contribution in [3.63, 3.8) is 0 Å². The summed E-state index contributed by atoms with van der Waals surface area (Å²) in [6, 6.07) is 18.9. The Morgan fingerprint density at radius 3 is 2.43 bits per heavy atom. The number of aromatic nitrogens is 1. The van der Waals surface area contributed by atoms with Crippen LogP contribution in [0.1, 0.15) is 12.8 Å². The third-order valence-corrected chi connectivity index (χ3v) is 4.79. The standard InChI is InChI=1S/C23H23N5O2/c1-30-20-5-3-2-4-19(20)27-23(24)28-21-13-10-17(14-25-21)15-8-11-18(12-9-15)26-22(29)16-6-7-16/h2-5,8-14,16H,6-7H2,1H3,(H,26,29)(H3,24,25,27,28). The maximum Gasteiger partial charge on any atom is 0.227 e. The molecule has 1 aliphatic rings. The Bertz CT molecular complexity index is 1060. The number of guanidine groups is 1. The summed E-state index contributed by atoms with van der Waals surface area (Å²) in [4.78, 5) is 20.5. The van der Waals surface area contributed by atoms with Gasteiger partial charge < -0.3 is 21.1 Å². The van der Waals surface area contributed by atoms with Crippen molar-refractivity contribution < 1.29 is 9.53 Å². The summed E-state index contributed by atoms with van der Waals surface area (Å²) >= 11 is 0. The Morgan fingerprint density at radius 2 is 1.77 bits per heavy atom. The number of ether oxygens (including phenoxy) is 1. The second kappa shape index (κ2) is 8.65. The first-order valence-corrected chi connectivity index (χ1v) is 9.74. The summed E-state index contributed by atoms with van der Waals surface area (Å²) in [6.07, 6.45) is 3.72. The van der Waals surface area contributed by atoms with Crippen LogP contribution >= 0.6 is 0 Å². The van der Waals surface area contributed by atoms with Gasteiger partial charge in [-0.2, -0.15) is 4.99 Å². The molecule has 0 radical (unpaired) electrons. The van der Waals surface area contributed by atoms with Crippen molar-refractivity contribution in [1.82, 2.24) is 4.98 Å². The van der Waals surface area contributed by atoms with E-state index in [4.69, 9.17) is 10.5 Å². The van der Waals surface area contributed by atoms with E-state index in [1.807, 2.05) is 54.6 Å². The number of rotatable bonds is 6. The van der Waals surface area contributed by atoms with Crippen molar-refractivity contribution in [2.45, 2.75) is 12.8 Å². The van der Waals surface area contributed by atoms with Gasteiger partial charge in [0.25, 0.3) is 0 Å². The molecule has 0 bridgehead atoms. The largest absolute Gasteiger partial charge is 0.495 e. The predicted octanol–water partition coefficient (Wildman–Crippen LogP) is 4.16. The second-order valence-electron chi connectivity index (χ2n) is 7.07. The lowest BCUT2D eigenvalue weighted by Gasteiger charge is -2.10. The first-order valence-electron chi connectivity index (χ1n) is 9.74. The molecule has 0 saturated heterocycles. The quantitative estimate of drug-likeness (QED) is 0.425. The molecule has 0 spiro atoms. The summed E-state index contributed by atoms with van der Waals surface area (Å²) in [5, 5.41) is 5.96. The van der Waals surface area contributed by atoms with E-state index in [9.17, 15) is 4.79 Å². The van der Waals surface area contributed by atoms with Crippen molar-refractivity contribution in [3.8, 4) is 16.9 Å². The van der Waals surface area contributed by atoms with Crippen molar-refractivity contribution in [3.05, 3.63) is 66.9 Å². The summed E-state index contributed by atoms with van der Waals surface area (Å²) in [5.74, 6) is 1.68. The maximum absolute atomic E-state index is 11.9. The predicted molar refractivity (Wildman–Crippen MR) is 119 cm³/mol. The molecule has 7 nitrogen and oxygen atoms in total. The highest BCUT2D eigenvalue weighted by atomic mass is 16.5. The van der Waals surface area contributed by atoms with E-state index in [1.165, 1.54) is 0 Å².